The number of rotatable bonds is 10. The van der Waals surface area contributed by atoms with Crippen LogP contribution in [0, 0.1) is 0 Å². The van der Waals surface area contributed by atoms with Gasteiger partial charge < -0.3 is 18.9 Å². The van der Waals surface area contributed by atoms with E-state index in [1.54, 1.807) is 0 Å². The van der Waals surface area contributed by atoms with Crippen LogP contribution in [-0.2, 0) is 0 Å². The van der Waals surface area contributed by atoms with E-state index in [9.17, 15) is 0 Å². The molecule has 0 fully saturated rings. The molecule has 0 aliphatic carbocycles. The number of benzene rings is 10. The predicted octanol–water partition coefficient (Wildman–Crippen LogP) is 17.3. The number of aromatic nitrogens is 2. The molecule has 312 valence electrons. The zero-order chi connectivity index (χ0) is 44.1. The number of nitrogens with zero attached hydrogens (tertiary/aromatic N) is 4. The van der Waals surface area contributed by atoms with Crippen molar-refractivity contribution in [1.82, 2.24) is 9.13 Å². The fourth-order valence-corrected chi connectivity index (χ4v) is 9.91. The molecule has 0 N–H and O–H groups in total. The lowest BCUT2D eigenvalue weighted by atomic mass is 10.0. The van der Waals surface area contributed by atoms with Crippen molar-refractivity contribution in [3.8, 4) is 11.4 Å². The normalized spacial score (nSPS) is 11.5. The van der Waals surface area contributed by atoms with E-state index in [-0.39, 0.29) is 0 Å². The summed E-state index contributed by atoms with van der Waals surface area (Å²) in [5.74, 6) is 0. The summed E-state index contributed by atoms with van der Waals surface area (Å²) in [5.41, 5.74) is 15.5. The van der Waals surface area contributed by atoms with Gasteiger partial charge in [-0.3, -0.25) is 0 Å². The molecule has 0 bridgehead atoms. The van der Waals surface area contributed by atoms with Gasteiger partial charge in [-0.1, -0.05) is 128 Å². The van der Waals surface area contributed by atoms with Gasteiger partial charge in [-0.2, -0.15) is 0 Å². The SMILES string of the molecule is C=Cc1ccc2c(c1)c1cc(N(c3ccccc3)c3ccc(N(c4ccc5c(c4)c4cc(C=C)ccc4n5-c4ccccc4)c4cccc5ccccc45)cc3)ccc1n2-c1ccccc1. The smallest absolute Gasteiger partial charge is 0.0542 e. The van der Waals surface area contributed by atoms with E-state index < -0.39 is 0 Å². The highest BCUT2D eigenvalue weighted by atomic mass is 15.2. The summed E-state index contributed by atoms with van der Waals surface area (Å²) in [4.78, 5) is 4.76. The highest BCUT2D eigenvalue weighted by Crippen LogP contribution is 2.45. The fraction of sp³-hybridized carbons (Fsp3) is 0. The van der Waals surface area contributed by atoms with Crippen LogP contribution in [0.4, 0.5) is 34.1 Å². The van der Waals surface area contributed by atoms with Crippen molar-refractivity contribution in [3.05, 3.63) is 255 Å². The van der Waals surface area contributed by atoms with Crippen LogP contribution in [0.1, 0.15) is 11.1 Å². The van der Waals surface area contributed by atoms with Gasteiger partial charge in [0.05, 0.1) is 27.8 Å². The molecule has 2 heterocycles. The van der Waals surface area contributed by atoms with Crippen LogP contribution in [0.3, 0.4) is 0 Å². The second-order valence-electron chi connectivity index (χ2n) is 16.7. The van der Waals surface area contributed by atoms with Crippen LogP contribution < -0.4 is 9.80 Å². The Hall–Kier alpha value is -8.86. The van der Waals surface area contributed by atoms with Gasteiger partial charge in [0, 0.05) is 66.7 Å². The predicted molar refractivity (Wildman–Crippen MR) is 282 cm³/mol. The number of fused-ring (bicyclic) bond motifs is 7. The van der Waals surface area contributed by atoms with Gasteiger partial charge in [-0.25, -0.2) is 0 Å². The first-order chi connectivity index (χ1) is 32.6. The third-order valence-electron chi connectivity index (χ3n) is 13.0. The number of anilines is 6. The minimum absolute atomic E-state index is 1.05. The summed E-state index contributed by atoms with van der Waals surface area (Å²) in [6.07, 6.45) is 3.85. The maximum Gasteiger partial charge on any atom is 0.0542 e. The molecule has 0 aliphatic rings. The Morgan fingerprint density at radius 1 is 0.303 bits per heavy atom. The Bertz CT molecular complexity index is 3780. The lowest BCUT2D eigenvalue weighted by molar-refractivity contribution is 1.18. The van der Waals surface area contributed by atoms with E-state index in [2.05, 4.69) is 263 Å². The first kappa shape index (κ1) is 38.8. The quantitative estimate of drug-likeness (QED) is 0.136. The number of para-hydroxylation sites is 3. The first-order valence-electron chi connectivity index (χ1n) is 22.4. The monoisotopic (exact) mass is 844 g/mol. The molecule has 0 radical (unpaired) electrons. The largest absolute Gasteiger partial charge is 0.310 e. The highest BCUT2D eigenvalue weighted by Gasteiger charge is 2.22. The molecule has 4 nitrogen and oxygen atoms in total. The van der Waals surface area contributed by atoms with Crippen molar-refractivity contribution >= 4 is 101 Å². The van der Waals surface area contributed by atoms with Crippen molar-refractivity contribution in [2.75, 3.05) is 9.80 Å². The molecule has 12 rings (SSSR count). The molecule has 0 amide bonds. The Kier molecular flexibility index (Phi) is 9.43. The van der Waals surface area contributed by atoms with Gasteiger partial charge in [0.2, 0.25) is 0 Å². The van der Waals surface area contributed by atoms with E-state index in [1.807, 2.05) is 12.2 Å². The van der Waals surface area contributed by atoms with E-state index in [0.717, 1.165) is 78.7 Å². The standard InChI is InChI=1S/C62H44N4/c1-3-43-27-35-59-54(39-43)56-41-51(33-37-61(56)65(59)47-21-10-6-11-22-47)63(46-19-8-5-9-20-46)49-29-31-50(32-30-49)64(58-26-16-18-45-17-14-15-25-53(45)58)52-34-38-62-57(42-52)55-40-44(4-2)28-36-60(55)66(62)48-23-12-7-13-24-48/h3-42H,1-2H2. The van der Waals surface area contributed by atoms with Crippen LogP contribution in [0.15, 0.2) is 244 Å². The molecule has 4 heteroatoms. The minimum atomic E-state index is 1.05. The molecule has 12 aromatic rings. The van der Waals surface area contributed by atoms with Crippen LogP contribution in [0.25, 0.3) is 77.9 Å². The number of hydrogen-bond donors (Lipinski definition) is 0. The van der Waals surface area contributed by atoms with Crippen LogP contribution in [0.5, 0.6) is 0 Å². The van der Waals surface area contributed by atoms with Crippen molar-refractivity contribution in [2.45, 2.75) is 0 Å². The lowest BCUT2D eigenvalue weighted by Gasteiger charge is -2.29. The van der Waals surface area contributed by atoms with E-state index in [0.29, 0.717) is 0 Å². The molecule has 2 aromatic heterocycles. The Morgan fingerprint density at radius 2 is 0.697 bits per heavy atom. The number of hydrogen-bond acceptors (Lipinski definition) is 2. The second kappa shape index (κ2) is 16.0. The summed E-state index contributed by atoms with van der Waals surface area (Å²) in [7, 11) is 0. The van der Waals surface area contributed by atoms with Crippen molar-refractivity contribution < 1.29 is 0 Å². The summed E-state index contributed by atoms with van der Waals surface area (Å²) >= 11 is 0. The van der Waals surface area contributed by atoms with Gasteiger partial charge in [0.25, 0.3) is 0 Å². The zero-order valence-corrected chi connectivity index (χ0v) is 36.3. The van der Waals surface area contributed by atoms with E-state index >= 15 is 0 Å². The van der Waals surface area contributed by atoms with Crippen molar-refractivity contribution in [1.29, 1.82) is 0 Å². The van der Waals surface area contributed by atoms with Crippen molar-refractivity contribution in [2.24, 2.45) is 0 Å². The van der Waals surface area contributed by atoms with Crippen LogP contribution >= 0.6 is 0 Å². The first-order valence-corrected chi connectivity index (χ1v) is 22.4. The summed E-state index contributed by atoms with van der Waals surface area (Å²) in [6.45, 7) is 8.22. The molecule has 0 saturated heterocycles. The van der Waals surface area contributed by atoms with E-state index in [4.69, 9.17) is 0 Å². The molecule has 0 spiro atoms. The van der Waals surface area contributed by atoms with Crippen LogP contribution in [0.2, 0.25) is 0 Å². The topological polar surface area (TPSA) is 16.3 Å². The molecule has 0 unspecified atom stereocenters. The van der Waals surface area contributed by atoms with E-state index in [1.165, 1.54) is 32.3 Å². The molecule has 66 heavy (non-hydrogen) atoms. The Balaban J connectivity index is 1.03. The average Bonchev–Trinajstić information content (AvgIpc) is 3.89. The highest BCUT2D eigenvalue weighted by molar-refractivity contribution is 6.13. The molecular weight excluding hydrogens is 801 g/mol. The minimum Gasteiger partial charge on any atom is -0.310 e. The van der Waals surface area contributed by atoms with Gasteiger partial charge >= 0.3 is 0 Å². The molecule has 0 atom stereocenters. The maximum atomic E-state index is 4.12. The average molecular weight is 845 g/mol. The summed E-state index contributed by atoms with van der Waals surface area (Å²) < 4.78 is 4.73. The van der Waals surface area contributed by atoms with Crippen LogP contribution in [-0.4, -0.2) is 9.13 Å². The van der Waals surface area contributed by atoms with Crippen molar-refractivity contribution in [3.63, 3.8) is 0 Å². The molecular formula is C62H44N4. The maximum absolute atomic E-state index is 4.12. The second-order valence-corrected chi connectivity index (χ2v) is 16.7. The molecule has 0 saturated carbocycles. The Morgan fingerprint density at radius 3 is 1.23 bits per heavy atom. The van der Waals surface area contributed by atoms with Gasteiger partial charge in [-0.05, 0) is 144 Å². The Labute approximate surface area is 384 Å². The third kappa shape index (κ3) is 6.46. The summed E-state index contributed by atoms with van der Waals surface area (Å²) in [5, 5.41) is 7.10. The zero-order valence-electron chi connectivity index (χ0n) is 36.3. The summed E-state index contributed by atoms with van der Waals surface area (Å²) in [6, 6.07) is 83.2. The third-order valence-corrected chi connectivity index (χ3v) is 13.0. The lowest BCUT2D eigenvalue weighted by Crippen LogP contribution is -2.12. The van der Waals surface area contributed by atoms with Gasteiger partial charge in [0.1, 0.15) is 0 Å². The molecule has 10 aromatic carbocycles. The van der Waals surface area contributed by atoms with Gasteiger partial charge in [-0.15, -0.1) is 0 Å². The fourth-order valence-electron chi connectivity index (χ4n) is 9.91. The van der Waals surface area contributed by atoms with Gasteiger partial charge in [0.15, 0.2) is 0 Å². The molecule has 0 aliphatic heterocycles.